The van der Waals surface area contributed by atoms with Crippen molar-refractivity contribution in [3.8, 4) is 0 Å². The van der Waals surface area contributed by atoms with Crippen molar-refractivity contribution >= 4 is 22.2 Å². The Balaban J connectivity index is 2.15. The number of nitrogens with two attached hydrogens (primary N) is 1. The Morgan fingerprint density at radius 2 is 2.33 bits per heavy atom. The molecule has 1 saturated heterocycles. The minimum absolute atomic E-state index is 0.000317. The number of likely N-dealkylation sites (tertiary alicyclic amines) is 1. The zero-order valence-corrected chi connectivity index (χ0v) is 10.7. The molecule has 18 heavy (non-hydrogen) atoms. The Labute approximate surface area is 109 Å². The quantitative estimate of drug-likeness (QED) is 0.666. The Bertz CT molecular complexity index is 460. The van der Waals surface area contributed by atoms with E-state index in [0.717, 1.165) is 30.6 Å². The standard InChI is InChI=1S/C11H15N3O3S/c12-7-8-3-1-2-6-13(8)11(15)9-4-5-10(18-9)14(16)17/h4-5,8H,1-3,6-7,12H2. The van der Waals surface area contributed by atoms with Crippen molar-refractivity contribution < 1.29 is 9.72 Å². The maximum Gasteiger partial charge on any atom is 0.324 e. The van der Waals surface area contributed by atoms with Crippen molar-refractivity contribution in [2.75, 3.05) is 13.1 Å². The van der Waals surface area contributed by atoms with Gasteiger partial charge < -0.3 is 10.6 Å². The summed E-state index contributed by atoms with van der Waals surface area (Å²) in [6.45, 7) is 1.13. The molecule has 0 bridgehead atoms. The number of carbonyl (C=O) groups excluding carboxylic acids is 1. The van der Waals surface area contributed by atoms with Gasteiger partial charge in [0.25, 0.3) is 5.91 Å². The third kappa shape index (κ3) is 2.51. The van der Waals surface area contributed by atoms with E-state index in [0.29, 0.717) is 18.0 Å². The lowest BCUT2D eigenvalue weighted by Crippen LogP contribution is -2.47. The molecule has 1 fully saturated rings. The number of hydrogen-bond donors (Lipinski definition) is 1. The fraction of sp³-hybridized carbons (Fsp3) is 0.545. The molecule has 1 aromatic rings. The summed E-state index contributed by atoms with van der Waals surface area (Å²) < 4.78 is 0. The number of nitrogens with zero attached hydrogens (tertiary/aromatic N) is 2. The summed E-state index contributed by atoms with van der Waals surface area (Å²) in [6, 6.07) is 2.96. The fourth-order valence-electron chi connectivity index (χ4n) is 2.20. The van der Waals surface area contributed by atoms with E-state index in [2.05, 4.69) is 0 Å². The molecule has 0 aliphatic carbocycles. The maximum atomic E-state index is 12.3. The zero-order valence-electron chi connectivity index (χ0n) is 9.87. The molecule has 2 rings (SSSR count). The Hall–Kier alpha value is -1.47. The van der Waals surface area contributed by atoms with E-state index in [1.54, 1.807) is 4.90 Å². The summed E-state index contributed by atoms with van der Waals surface area (Å²) in [5, 5.41) is 10.6. The minimum atomic E-state index is -0.474. The number of rotatable bonds is 3. The molecule has 1 amide bonds. The largest absolute Gasteiger partial charge is 0.334 e. The van der Waals surface area contributed by atoms with E-state index in [1.165, 1.54) is 12.1 Å². The van der Waals surface area contributed by atoms with Crippen LogP contribution in [0.25, 0.3) is 0 Å². The van der Waals surface area contributed by atoms with Gasteiger partial charge in [-0.05, 0) is 25.3 Å². The monoisotopic (exact) mass is 269 g/mol. The smallest absolute Gasteiger partial charge is 0.324 e. The molecule has 1 aromatic heterocycles. The van der Waals surface area contributed by atoms with Crippen LogP contribution in [0.4, 0.5) is 5.00 Å². The molecule has 1 aliphatic rings. The highest BCUT2D eigenvalue weighted by molar-refractivity contribution is 7.17. The Morgan fingerprint density at radius 3 is 2.94 bits per heavy atom. The molecule has 1 unspecified atom stereocenters. The first kappa shape index (κ1) is 13.0. The Kier molecular flexibility index (Phi) is 3.93. The van der Waals surface area contributed by atoms with Crippen LogP contribution >= 0.6 is 11.3 Å². The summed E-state index contributed by atoms with van der Waals surface area (Å²) in [5.74, 6) is -0.136. The molecule has 1 atom stereocenters. The molecule has 2 heterocycles. The maximum absolute atomic E-state index is 12.3. The van der Waals surface area contributed by atoms with Gasteiger partial charge in [-0.1, -0.05) is 11.3 Å². The van der Waals surface area contributed by atoms with Gasteiger partial charge >= 0.3 is 5.00 Å². The van der Waals surface area contributed by atoms with Crippen LogP contribution < -0.4 is 5.73 Å². The fourth-order valence-corrected chi connectivity index (χ4v) is 2.97. The number of nitro groups is 1. The van der Waals surface area contributed by atoms with Crippen molar-refractivity contribution in [2.24, 2.45) is 5.73 Å². The average molecular weight is 269 g/mol. The molecular formula is C11H15N3O3S. The molecule has 6 nitrogen and oxygen atoms in total. The highest BCUT2D eigenvalue weighted by Crippen LogP contribution is 2.27. The second-order valence-corrected chi connectivity index (χ2v) is 5.34. The number of hydrogen-bond acceptors (Lipinski definition) is 5. The molecule has 0 aromatic carbocycles. The lowest BCUT2D eigenvalue weighted by atomic mass is 10.0. The summed E-state index contributed by atoms with van der Waals surface area (Å²) in [4.78, 5) is 24.6. The second-order valence-electron chi connectivity index (χ2n) is 4.28. The summed E-state index contributed by atoms with van der Waals surface area (Å²) in [5.41, 5.74) is 5.66. The number of carbonyl (C=O) groups is 1. The van der Waals surface area contributed by atoms with Gasteiger partial charge in [-0.15, -0.1) is 0 Å². The topological polar surface area (TPSA) is 89.5 Å². The van der Waals surface area contributed by atoms with E-state index in [-0.39, 0.29) is 17.0 Å². The van der Waals surface area contributed by atoms with Crippen LogP contribution in [0.2, 0.25) is 0 Å². The first-order valence-electron chi connectivity index (χ1n) is 5.88. The van der Waals surface area contributed by atoms with Crippen molar-refractivity contribution in [1.29, 1.82) is 0 Å². The first-order valence-corrected chi connectivity index (χ1v) is 6.70. The van der Waals surface area contributed by atoms with Gasteiger partial charge in [-0.3, -0.25) is 14.9 Å². The predicted octanol–water partition coefficient (Wildman–Crippen LogP) is 1.61. The van der Waals surface area contributed by atoms with Gasteiger partial charge in [0, 0.05) is 25.2 Å². The highest BCUT2D eigenvalue weighted by Gasteiger charge is 2.28. The number of piperidine rings is 1. The van der Waals surface area contributed by atoms with Gasteiger partial charge in [-0.2, -0.15) is 0 Å². The van der Waals surface area contributed by atoms with Crippen molar-refractivity contribution in [3.63, 3.8) is 0 Å². The van der Waals surface area contributed by atoms with Crippen LogP contribution in [0, 0.1) is 10.1 Å². The van der Waals surface area contributed by atoms with Gasteiger partial charge in [0.15, 0.2) is 0 Å². The summed E-state index contributed by atoms with van der Waals surface area (Å²) >= 11 is 0.924. The summed E-state index contributed by atoms with van der Waals surface area (Å²) in [6.07, 6.45) is 2.96. The third-order valence-electron chi connectivity index (χ3n) is 3.14. The van der Waals surface area contributed by atoms with Crippen LogP contribution in [-0.2, 0) is 0 Å². The lowest BCUT2D eigenvalue weighted by molar-refractivity contribution is -0.380. The van der Waals surface area contributed by atoms with E-state index in [9.17, 15) is 14.9 Å². The lowest BCUT2D eigenvalue weighted by Gasteiger charge is -2.34. The van der Waals surface area contributed by atoms with Crippen molar-refractivity contribution in [3.05, 3.63) is 27.1 Å². The van der Waals surface area contributed by atoms with E-state index < -0.39 is 4.92 Å². The minimum Gasteiger partial charge on any atom is -0.334 e. The van der Waals surface area contributed by atoms with Crippen LogP contribution in [0.15, 0.2) is 12.1 Å². The van der Waals surface area contributed by atoms with Crippen LogP contribution in [-0.4, -0.2) is 34.9 Å². The van der Waals surface area contributed by atoms with E-state index in [1.807, 2.05) is 0 Å². The van der Waals surface area contributed by atoms with Gasteiger partial charge in [0.2, 0.25) is 0 Å². The average Bonchev–Trinajstić information content (AvgIpc) is 2.87. The highest BCUT2D eigenvalue weighted by atomic mass is 32.1. The molecule has 98 valence electrons. The van der Waals surface area contributed by atoms with Crippen molar-refractivity contribution in [2.45, 2.75) is 25.3 Å². The molecule has 1 aliphatic heterocycles. The van der Waals surface area contributed by atoms with E-state index in [4.69, 9.17) is 5.73 Å². The van der Waals surface area contributed by atoms with Crippen LogP contribution in [0.3, 0.4) is 0 Å². The zero-order chi connectivity index (χ0) is 13.1. The molecule has 0 spiro atoms. The summed E-state index contributed by atoms with van der Waals surface area (Å²) in [7, 11) is 0. The number of thiophene rings is 1. The van der Waals surface area contributed by atoms with Gasteiger partial charge in [0.1, 0.15) is 0 Å². The van der Waals surface area contributed by atoms with E-state index >= 15 is 0 Å². The van der Waals surface area contributed by atoms with Gasteiger partial charge in [-0.25, -0.2) is 0 Å². The van der Waals surface area contributed by atoms with Crippen LogP contribution in [0.5, 0.6) is 0 Å². The van der Waals surface area contributed by atoms with Crippen LogP contribution in [0.1, 0.15) is 28.9 Å². The second kappa shape index (κ2) is 5.45. The molecule has 2 N–H and O–H groups in total. The number of amides is 1. The molecule has 7 heteroatoms. The molecule has 0 radical (unpaired) electrons. The first-order chi connectivity index (χ1) is 8.63. The Morgan fingerprint density at radius 1 is 1.56 bits per heavy atom. The third-order valence-corrected chi connectivity index (χ3v) is 4.17. The molecule has 0 saturated carbocycles. The predicted molar refractivity (Wildman–Crippen MR) is 68.7 cm³/mol. The van der Waals surface area contributed by atoms with Gasteiger partial charge in [0.05, 0.1) is 9.80 Å². The normalized spacial score (nSPS) is 19.8. The molecular weight excluding hydrogens is 254 g/mol. The SMILES string of the molecule is NCC1CCCCN1C(=O)c1ccc([N+](=O)[O-])s1. The van der Waals surface area contributed by atoms with Crippen molar-refractivity contribution in [1.82, 2.24) is 4.90 Å².